The second kappa shape index (κ2) is 6.53. The van der Waals surface area contributed by atoms with E-state index in [0.29, 0.717) is 25.2 Å². The van der Waals surface area contributed by atoms with Crippen molar-refractivity contribution in [3.8, 4) is 0 Å². The van der Waals surface area contributed by atoms with Crippen molar-refractivity contribution in [3.05, 3.63) is 12.2 Å². The number of ether oxygens (including phenoxy) is 1. The Morgan fingerprint density at radius 2 is 2.33 bits per heavy atom. The molecule has 2 heterocycles. The van der Waals surface area contributed by atoms with Crippen molar-refractivity contribution < 1.29 is 19.4 Å². The van der Waals surface area contributed by atoms with Crippen molar-refractivity contribution in [3.63, 3.8) is 0 Å². The molecule has 0 aliphatic carbocycles. The molecule has 0 spiro atoms. The fourth-order valence-electron chi connectivity index (χ4n) is 2.31. The summed E-state index contributed by atoms with van der Waals surface area (Å²) < 4.78 is 6.73. The molecule has 1 aromatic rings. The number of urea groups is 1. The molecule has 9 nitrogen and oxygen atoms in total. The summed E-state index contributed by atoms with van der Waals surface area (Å²) >= 11 is 0. The van der Waals surface area contributed by atoms with Gasteiger partial charge in [-0.15, -0.1) is 0 Å². The van der Waals surface area contributed by atoms with Gasteiger partial charge in [0.15, 0.2) is 5.82 Å². The van der Waals surface area contributed by atoms with E-state index in [4.69, 9.17) is 9.84 Å². The number of hydrogen-bond donors (Lipinski definition) is 2. The lowest BCUT2D eigenvalue weighted by Crippen LogP contribution is -2.46. The Bertz CT molecular complexity index is 518. The topological polar surface area (TPSA) is 110 Å². The summed E-state index contributed by atoms with van der Waals surface area (Å²) in [6, 6.07) is -1.25. The maximum absolute atomic E-state index is 12.1. The third-order valence-corrected chi connectivity index (χ3v) is 3.41. The number of amides is 2. The average molecular weight is 297 g/mol. The molecule has 1 aliphatic heterocycles. The number of aryl methyl sites for hydroxylation is 1. The summed E-state index contributed by atoms with van der Waals surface area (Å²) in [6.45, 7) is 0.629. The number of carboxylic acids is 1. The van der Waals surface area contributed by atoms with Gasteiger partial charge in [-0.2, -0.15) is 5.10 Å². The van der Waals surface area contributed by atoms with Crippen LogP contribution in [-0.4, -0.2) is 69.1 Å². The van der Waals surface area contributed by atoms with Crippen LogP contribution in [0.25, 0.3) is 0 Å². The highest BCUT2D eigenvalue weighted by atomic mass is 16.5. The second-order valence-electron chi connectivity index (χ2n) is 4.92. The quantitative estimate of drug-likeness (QED) is 0.739. The lowest BCUT2D eigenvalue weighted by molar-refractivity contribution is -0.141. The summed E-state index contributed by atoms with van der Waals surface area (Å²) in [5.41, 5.74) is 0. The molecule has 116 valence electrons. The molecular formula is C12H19N5O4. The molecule has 0 saturated carbocycles. The average Bonchev–Trinajstić information content (AvgIpc) is 3.04. The molecule has 2 N–H and O–H groups in total. The number of carboxylic acid groups (broad SMARTS) is 1. The molecule has 1 aromatic heterocycles. The van der Waals surface area contributed by atoms with E-state index in [-0.39, 0.29) is 12.6 Å². The highest BCUT2D eigenvalue weighted by molar-refractivity contribution is 5.83. The molecule has 0 radical (unpaired) electrons. The Morgan fingerprint density at radius 1 is 1.57 bits per heavy atom. The number of hydrogen-bond acceptors (Lipinski definition) is 5. The highest BCUT2D eigenvalue weighted by Gasteiger charge is 2.39. The van der Waals surface area contributed by atoms with E-state index in [2.05, 4.69) is 15.4 Å². The zero-order valence-corrected chi connectivity index (χ0v) is 12.0. The molecule has 2 rings (SSSR count). The van der Waals surface area contributed by atoms with Crippen LogP contribution in [0.1, 0.15) is 12.2 Å². The molecular weight excluding hydrogens is 278 g/mol. The van der Waals surface area contributed by atoms with Crippen LogP contribution in [0.15, 0.2) is 6.33 Å². The van der Waals surface area contributed by atoms with Gasteiger partial charge in [-0.3, -0.25) is 4.68 Å². The molecule has 0 aromatic carbocycles. The van der Waals surface area contributed by atoms with Crippen molar-refractivity contribution in [2.75, 3.05) is 20.2 Å². The molecule has 9 heteroatoms. The summed E-state index contributed by atoms with van der Waals surface area (Å²) in [5, 5.41) is 15.9. The van der Waals surface area contributed by atoms with Gasteiger partial charge in [0.2, 0.25) is 0 Å². The van der Waals surface area contributed by atoms with Gasteiger partial charge in [-0.05, 0) is 0 Å². The summed E-state index contributed by atoms with van der Waals surface area (Å²) in [4.78, 5) is 28.6. The minimum absolute atomic E-state index is 0.241. The molecule has 1 saturated heterocycles. The number of carbonyl (C=O) groups excluding carboxylic acids is 1. The van der Waals surface area contributed by atoms with Crippen LogP contribution in [0, 0.1) is 0 Å². The van der Waals surface area contributed by atoms with Crippen molar-refractivity contribution in [2.24, 2.45) is 7.05 Å². The number of aliphatic carboxylic acids is 1. The molecule has 21 heavy (non-hydrogen) atoms. The summed E-state index contributed by atoms with van der Waals surface area (Å²) in [7, 11) is 3.28. The predicted molar refractivity (Wildman–Crippen MR) is 71.6 cm³/mol. The zero-order chi connectivity index (χ0) is 15.4. The van der Waals surface area contributed by atoms with E-state index >= 15 is 0 Å². The van der Waals surface area contributed by atoms with Gasteiger partial charge in [0.1, 0.15) is 12.4 Å². The molecule has 1 aliphatic rings. The van der Waals surface area contributed by atoms with Crippen LogP contribution in [0.4, 0.5) is 4.79 Å². The first kappa shape index (κ1) is 15.2. The number of methoxy groups -OCH3 is 1. The first-order valence-electron chi connectivity index (χ1n) is 6.66. The van der Waals surface area contributed by atoms with Crippen LogP contribution in [-0.2, 0) is 23.0 Å². The van der Waals surface area contributed by atoms with Crippen LogP contribution in [0.5, 0.6) is 0 Å². The predicted octanol–water partition coefficient (Wildman–Crippen LogP) is -0.759. The van der Waals surface area contributed by atoms with E-state index in [1.54, 1.807) is 18.1 Å². The van der Waals surface area contributed by atoms with Gasteiger partial charge in [0.25, 0.3) is 0 Å². The molecule has 2 atom stereocenters. The smallest absolute Gasteiger partial charge is 0.326 e. The zero-order valence-electron chi connectivity index (χ0n) is 12.0. The Labute approximate surface area is 121 Å². The van der Waals surface area contributed by atoms with Gasteiger partial charge in [-0.1, -0.05) is 0 Å². The number of nitrogens with one attached hydrogen (secondary N) is 1. The fourth-order valence-corrected chi connectivity index (χ4v) is 2.31. The maximum atomic E-state index is 12.1. The van der Waals surface area contributed by atoms with E-state index in [9.17, 15) is 9.59 Å². The SMILES string of the molecule is COC1CC(C(=O)O)N(C(=O)NCCc2ncn(C)n2)C1. The normalized spacial score (nSPS) is 21.5. The largest absolute Gasteiger partial charge is 0.480 e. The van der Waals surface area contributed by atoms with Crippen LogP contribution in [0.2, 0.25) is 0 Å². The van der Waals surface area contributed by atoms with Gasteiger partial charge in [-0.25, -0.2) is 14.6 Å². The number of carbonyl (C=O) groups is 2. The monoisotopic (exact) mass is 297 g/mol. The first-order valence-corrected chi connectivity index (χ1v) is 6.66. The van der Waals surface area contributed by atoms with Crippen LogP contribution < -0.4 is 5.32 Å². The van der Waals surface area contributed by atoms with Gasteiger partial charge < -0.3 is 20.1 Å². The Balaban J connectivity index is 1.85. The number of rotatable bonds is 5. The Morgan fingerprint density at radius 3 is 2.90 bits per heavy atom. The third-order valence-electron chi connectivity index (χ3n) is 3.41. The Kier molecular flexibility index (Phi) is 4.73. The minimum Gasteiger partial charge on any atom is -0.480 e. The number of aromatic nitrogens is 3. The van der Waals surface area contributed by atoms with Crippen molar-refractivity contribution in [1.29, 1.82) is 0 Å². The van der Waals surface area contributed by atoms with E-state index < -0.39 is 18.0 Å². The van der Waals surface area contributed by atoms with E-state index in [0.717, 1.165) is 0 Å². The summed E-state index contributed by atoms with van der Waals surface area (Å²) in [5.74, 6) is -0.389. The second-order valence-corrected chi connectivity index (χ2v) is 4.92. The van der Waals surface area contributed by atoms with Gasteiger partial charge in [0.05, 0.1) is 6.10 Å². The molecule has 0 bridgehead atoms. The minimum atomic E-state index is -1.02. The summed E-state index contributed by atoms with van der Waals surface area (Å²) in [6.07, 6.45) is 2.14. The standard InChI is InChI=1S/C12H19N5O4/c1-16-7-14-10(15-16)3-4-13-12(20)17-6-8(21-2)5-9(17)11(18)19/h7-9H,3-6H2,1-2H3,(H,13,20)(H,18,19). The van der Waals surface area contributed by atoms with Crippen LogP contribution >= 0.6 is 0 Å². The van der Waals surface area contributed by atoms with Crippen molar-refractivity contribution in [2.45, 2.75) is 25.0 Å². The van der Waals surface area contributed by atoms with Gasteiger partial charge in [0, 0.05) is 40.1 Å². The molecule has 2 amide bonds. The number of nitrogens with zero attached hydrogens (tertiary/aromatic N) is 4. The Hall–Kier alpha value is -2.16. The van der Waals surface area contributed by atoms with Crippen molar-refractivity contribution >= 4 is 12.0 Å². The first-order chi connectivity index (χ1) is 10.0. The van der Waals surface area contributed by atoms with Gasteiger partial charge >= 0.3 is 12.0 Å². The van der Waals surface area contributed by atoms with Crippen LogP contribution in [0.3, 0.4) is 0 Å². The lowest BCUT2D eigenvalue weighted by atomic mass is 10.2. The fraction of sp³-hybridized carbons (Fsp3) is 0.667. The molecule has 2 unspecified atom stereocenters. The highest BCUT2D eigenvalue weighted by Crippen LogP contribution is 2.20. The van der Waals surface area contributed by atoms with E-state index in [1.165, 1.54) is 12.0 Å². The number of likely N-dealkylation sites (tertiary alicyclic amines) is 1. The van der Waals surface area contributed by atoms with Crippen molar-refractivity contribution in [1.82, 2.24) is 25.0 Å². The maximum Gasteiger partial charge on any atom is 0.326 e. The lowest BCUT2D eigenvalue weighted by Gasteiger charge is -2.21. The third kappa shape index (κ3) is 3.69. The van der Waals surface area contributed by atoms with E-state index in [1.807, 2.05) is 0 Å². The molecule has 1 fully saturated rings.